The number of methoxy groups -OCH3 is 1. The second kappa shape index (κ2) is 10.7. The third kappa shape index (κ3) is 6.33. The van der Waals surface area contributed by atoms with Gasteiger partial charge in [0.2, 0.25) is 5.88 Å². The Morgan fingerprint density at radius 1 is 0.886 bits per heavy atom. The summed E-state index contributed by atoms with van der Waals surface area (Å²) in [7, 11) is -2.47. The van der Waals surface area contributed by atoms with Crippen LogP contribution in [0.5, 0.6) is 11.6 Å². The van der Waals surface area contributed by atoms with Gasteiger partial charge in [-0.3, -0.25) is 9.52 Å². The third-order valence-corrected chi connectivity index (χ3v) is 6.24. The SMILES string of the molecule is COc1cc(NS(=O)(=O)c2ccc(NC(=O)COc3ccc(-c4ccccc4)cc3)cc2)ncn1. The van der Waals surface area contributed by atoms with E-state index < -0.39 is 10.0 Å². The lowest BCUT2D eigenvalue weighted by Gasteiger charge is -2.10. The number of nitrogens with one attached hydrogen (secondary N) is 2. The van der Waals surface area contributed by atoms with E-state index in [-0.39, 0.29) is 29.1 Å². The average Bonchev–Trinajstić information content (AvgIpc) is 2.88. The first-order valence-electron chi connectivity index (χ1n) is 10.5. The van der Waals surface area contributed by atoms with Crippen molar-refractivity contribution in [3.8, 4) is 22.8 Å². The van der Waals surface area contributed by atoms with E-state index in [0.29, 0.717) is 11.4 Å². The van der Waals surface area contributed by atoms with Gasteiger partial charge in [-0.15, -0.1) is 0 Å². The summed E-state index contributed by atoms with van der Waals surface area (Å²) in [5.74, 6) is 0.487. The Kier molecular flexibility index (Phi) is 7.22. The van der Waals surface area contributed by atoms with Gasteiger partial charge in [0.05, 0.1) is 12.0 Å². The molecule has 0 unspecified atom stereocenters. The number of ether oxygens (including phenoxy) is 2. The summed E-state index contributed by atoms with van der Waals surface area (Å²) < 4.78 is 38.1. The average molecular weight is 491 g/mol. The van der Waals surface area contributed by atoms with E-state index >= 15 is 0 Å². The van der Waals surface area contributed by atoms with Gasteiger partial charge in [-0.25, -0.2) is 18.4 Å². The Balaban J connectivity index is 1.31. The third-order valence-electron chi connectivity index (χ3n) is 4.87. The van der Waals surface area contributed by atoms with Crippen molar-refractivity contribution in [2.75, 3.05) is 23.8 Å². The lowest BCUT2D eigenvalue weighted by molar-refractivity contribution is -0.118. The number of sulfonamides is 1. The molecule has 10 heteroatoms. The normalized spacial score (nSPS) is 10.9. The number of benzene rings is 3. The number of anilines is 2. The zero-order chi connectivity index (χ0) is 24.7. The van der Waals surface area contributed by atoms with Crippen LogP contribution in [0.2, 0.25) is 0 Å². The first-order valence-corrected chi connectivity index (χ1v) is 12.0. The second-order valence-electron chi connectivity index (χ2n) is 7.30. The Morgan fingerprint density at radius 2 is 1.57 bits per heavy atom. The van der Waals surface area contributed by atoms with Crippen LogP contribution >= 0.6 is 0 Å². The van der Waals surface area contributed by atoms with Crippen LogP contribution in [0.3, 0.4) is 0 Å². The number of carbonyl (C=O) groups is 1. The van der Waals surface area contributed by atoms with Gasteiger partial charge in [0.1, 0.15) is 17.9 Å². The highest BCUT2D eigenvalue weighted by molar-refractivity contribution is 7.92. The van der Waals surface area contributed by atoms with Gasteiger partial charge in [0, 0.05) is 11.8 Å². The van der Waals surface area contributed by atoms with Gasteiger partial charge in [-0.05, 0) is 47.5 Å². The minimum Gasteiger partial charge on any atom is -0.484 e. The smallest absolute Gasteiger partial charge is 0.263 e. The summed E-state index contributed by atoms with van der Waals surface area (Å²) in [6.45, 7) is -0.193. The van der Waals surface area contributed by atoms with Crippen molar-refractivity contribution in [2.24, 2.45) is 0 Å². The van der Waals surface area contributed by atoms with Crippen LogP contribution < -0.4 is 19.5 Å². The fraction of sp³-hybridized carbons (Fsp3) is 0.0800. The molecule has 3 aromatic carbocycles. The van der Waals surface area contributed by atoms with Crippen molar-refractivity contribution in [1.82, 2.24) is 9.97 Å². The van der Waals surface area contributed by atoms with E-state index in [1.807, 2.05) is 42.5 Å². The predicted octanol–water partition coefficient (Wildman–Crippen LogP) is 3.97. The molecule has 0 saturated carbocycles. The summed E-state index contributed by atoms with van der Waals surface area (Å²) >= 11 is 0. The molecule has 4 aromatic rings. The topological polar surface area (TPSA) is 120 Å². The van der Waals surface area contributed by atoms with Crippen LogP contribution in [0.1, 0.15) is 0 Å². The van der Waals surface area contributed by atoms with Crippen molar-refractivity contribution < 1.29 is 22.7 Å². The zero-order valence-electron chi connectivity index (χ0n) is 18.7. The largest absolute Gasteiger partial charge is 0.484 e. The van der Waals surface area contributed by atoms with Crippen molar-refractivity contribution in [3.05, 3.63) is 91.3 Å². The molecule has 9 nitrogen and oxygen atoms in total. The molecule has 0 bridgehead atoms. The Bertz CT molecular complexity index is 1390. The summed E-state index contributed by atoms with van der Waals surface area (Å²) in [5, 5.41) is 2.68. The first kappa shape index (κ1) is 23.7. The summed E-state index contributed by atoms with van der Waals surface area (Å²) in [6.07, 6.45) is 1.19. The first-order chi connectivity index (χ1) is 16.9. The molecular weight excluding hydrogens is 468 g/mol. The van der Waals surface area contributed by atoms with Crippen LogP contribution in [0, 0.1) is 0 Å². The number of amides is 1. The van der Waals surface area contributed by atoms with Crippen molar-refractivity contribution >= 4 is 27.4 Å². The highest BCUT2D eigenvalue weighted by atomic mass is 32.2. The minimum atomic E-state index is -3.89. The van der Waals surface area contributed by atoms with Gasteiger partial charge in [0.15, 0.2) is 6.61 Å². The molecule has 1 aromatic heterocycles. The van der Waals surface area contributed by atoms with Crippen LogP contribution in [0.4, 0.5) is 11.5 Å². The number of rotatable bonds is 9. The zero-order valence-corrected chi connectivity index (χ0v) is 19.5. The number of aromatic nitrogens is 2. The lowest BCUT2D eigenvalue weighted by atomic mass is 10.1. The Morgan fingerprint density at radius 3 is 2.26 bits per heavy atom. The van der Waals surface area contributed by atoms with Crippen LogP contribution in [-0.4, -0.2) is 38.0 Å². The van der Waals surface area contributed by atoms with Gasteiger partial charge in [0.25, 0.3) is 15.9 Å². The van der Waals surface area contributed by atoms with Crippen molar-refractivity contribution in [2.45, 2.75) is 4.90 Å². The highest BCUT2D eigenvalue weighted by Crippen LogP contribution is 2.22. The number of hydrogen-bond donors (Lipinski definition) is 2. The molecule has 1 amide bonds. The van der Waals surface area contributed by atoms with Gasteiger partial charge < -0.3 is 14.8 Å². The number of nitrogens with zero attached hydrogens (tertiary/aromatic N) is 2. The summed E-state index contributed by atoms with van der Waals surface area (Å²) in [6, 6.07) is 24.5. The molecular formula is C25H22N4O5S. The maximum Gasteiger partial charge on any atom is 0.263 e. The summed E-state index contributed by atoms with van der Waals surface area (Å²) in [4.78, 5) is 20.0. The van der Waals surface area contributed by atoms with E-state index in [9.17, 15) is 13.2 Å². The highest BCUT2D eigenvalue weighted by Gasteiger charge is 2.16. The van der Waals surface area contributed by atoms with Gasteiger partial charge in [-0.2, -0.15) is 0 Å². The standard InChI is InChI=1S/C25H22N4O5S/c1-33-25-15-23(26-17-27-25)29-35(31,32)22-13-9-20(10-14-22)28-24(30)16-34-21-11-7-19(8-12-21)18-5-3-2-4-6-18/h2-15,17H,16H2,1H3,(H,28,30)(H,26,27,29). The number of carbonyl (C=O) groups excluding carboxylic acids is 1. The molecule has 35 heavy (non-hydrogen) atoms. The maximum atomic E-state index is 12.6. The summed E-state index contributed by atoms with van der Waals surface area (Å²) in [5.41, 5.74) is 2.57. The Labute approximate surface area is 202 Å². The van der Waals surface area contributed by atoms with Crippen LogP contribution in [-0.2, 0) is 14.8 Å². The monoisotopic (exact) mass is 490 g/mol. The minimum absolute atomic E-state index is 0.00262. The quantitative estimate of drug-likeness (QED) is 0.364. The molecule has 0 radical (unpaired) electrons. The molecule has 0 aliphatic rings. The maximum absolute atomic E-state index is 12.6. The predicted molar refractivity (Wildman–Crippen MR) is 132 cm³/mol. The van der Waals surface area contributed by atoms with Crippen molar-refractivity contribution in [1.29, 1.82) is 0 Å². The molecule has 0 aliphatic carbocycles. The van der Waals surface area contributed by atoms with E-state index in [2.05, 4.69) is 20.0 Å². The Hall–Kier alpha value is -4.44. The molecule has 0 fully saturated rings. The molecule has 4 rings (SSSR count). The fourth-order valence-electron chi connectivity index (χ4n) is 3.14. The van der Waals surface area contributed by atoms with E-state index in [1.54, 1.807) is 12.1 Å². The van der Waals surface area contributed by atoms with E-state index in [1.165, 1.54) is 43.8 Å². The van der Waals surface area contributed by atoms with Crippen LogP contribution in [0.15, 0.2) is 96.2 Å². The molecule has 0 spiro atoms. The molecule has 0 aliphatic heterocycles. The molecule has 2 N–H and O–H groups in total. The second-order valence-corrected chi connectivity index (χ2v) is 8.99. The molecule has 0 saturated heterocycles. The molecule has 0 atom stereocenters. The van der Waals surface area contributed by atoms with Crippen molar-refractivity contribution in [3.63, 3.8) is 0 Å². The number of hydrogen-bond acceptors (Lipinski definition) is 7. The molecule has 1 heterocycles. The molecule has 178 valence electrons. The van der Waals surface area contributed by atoms with Gasteiger partial charge in [-0.1, -0.05) is 42.5 Å². The van der Waals surface area contributed by atoms with E-state index in [4.69, 9.17) is 9.47 Å². The lowest BCUT2D eigenvalue weighted by Crippen LogP contribution is -2.20. The fourth-order valence-corrected chi connectivity index (χ4v) is 4.14. The van der Waals surface area contributed by atoms with Crippen LogP contribution in [0.25, 0.3) is 11.1 Å². The van der Waals surface area contributed by atoms with Gasteiger partial charge >= 0.3 is 0 Å². The van der Waals surface area contributed by atoms with E-state index in [0.717, 1.165) is 11.1 Å².